The number of hydrogen-bond acceptors (Lipinski definition) is 3. The molecule has 0 fully saturated rings. The van der Waals surface area contributed by atoms with Gasteiger partial charge in [0.15, 0.2) is 0 Å². The van der Waals surface area contributed by atoms with Crippen LogP contribution in [-0.2, 0) is 9.53 Å². The number of aliphatic carboxylic acids is 1. The van der Waals surface area contributed by atoms with Crippen molar-refractivity contribution in [2.24, 2.45) is 0 Å². The number of carbonyl (C=O) groups is 1. The molecule has 1 heterocycles. The minimum absolute atomic E-state index is 0.370. The maximum Gasteiger partial charge on any atom is 0.311 e. The average Bonchev–Trinajstić information content (AvgIpc) is 2.70. The summed E-state index contributed by atoms with van der Waals surface area (Å²) in [6.45, 7) is 3.27. The average molecular weight is 228 g/mol. The SMILES string of the molecule is CCOCCCC(C(=O)O)c1cccs1. The van der Waals surface area contributed by atoms with Crippen molar-refractivity contribution in [1.82, 2.24) is 0 Å². The summed E-state index contributed by atoms with van der Waals surface area (Å²) < 4.78 is 5.19. The molecule has 0 radical (unpaired) electrons. The molecule has 84 valence electrons. The molecule has 1 unspecified atom stereocenters. The number of ether oxygens (including phenoxy) is 1. The Hall–Kier alpha value is -0.870. The third-order valence-corrected chi connectivity index (χ3v) is 3.16. The Bertz CT molecular complexity index is 282. The second-order valence-corrected chi connectivity index (χ2v) is 4.22. The summed E-state index contributed by atoms with van der Waals surface area (Å²) in [4.78, 5) is 12.0. The third kappa shape index (κ3) is 4.01. The molecule has 1 aromatic rings. The summed E-state index contributed by atoms with van der Waals surface area (Å²) in [6, 6.07) is 3.77. The first kappa shape index (κ1) is 12.2. The predicted molar refractivity (Wildman–Crippen MR) is 60.4 cm³/mol. The molecule has 4 heteroatoms. The standard InChI is InChI=1S/C11H16O3S/c1-2-14-7-3-5-9(11(12)13)10-6-4-8-15-10/h4,6,8-9H,2-3,5,7H2,1H3,(H,12,13). The Morgan fingerprint density at radius 3 is 3.00 bits per heavy atom. The number of carboxylic acid groups (broad SMARTS) is 1. The van der Waals surface area contributed by atoms with Gasteiger partial charge in [0.25, 0.3) is 0 Å². The molecule has 0 amide bonds. The molecule has 0 aliphatic heterocycles. The summed E-state index contributed by atoms with van der Waals surface area (Å²) in [6.07, 6.45) is 1.44. The number of carboxylic acids is 1. The summed E-state index contributed by atoms with van der Waals surface area (Å²) in [5.74, 6) is -1.11. The lowest BCUT2D eigenvalue weighted by molar-refractivity contribution is -0.139. The van der Waals surface area contributed by atoms with E-state index in [4.69, 9.17) is 9.84 Å². The first-order valence-corrected chi connectivity index (χ1v) is 5.97. The van der Waals surface area contributed by atoms with Gasteiger partial charge in [-0.2, -0.15) is 0 Å². The van der Waals surface area contributed by atoms with Crippen LogP contribution in [0, 0.1) is 0 Å². The van der Waals surface area contributed by atoms with Gasteiger partial charge in [-0.3, -0.25) is 4.79 Å². The van der Waals surface area contributed by atoms with Crippen LogP contribution in [0.15, 0.2) is 17.5 Å². The summed E-state index contributed by atoms with van der Waals surface area (Å²) in [5.41, 5.74) is 0. The lowest BCUT2D eigenvalue weighted by Crippen LogP contribution is -2.11. The smallest absolute Gasteiger partial charge is 0.311 e. The first-order valence-electron chi connectivity index (χ1n) is 5.09. The van der Waals surface area contributed by atoms with Crippen LogP contribution in [0.4, 0.5) is 0 Å². The Labute approximate surface area is 93.7 Å². The maximum absolute atomic E-state index is 11.0. The summed E-state index contributed by atoms with van der Waals surface area (Å²) in [7, 11) is 0. The zero-order valence-corrected chi connectivity index (χ0v) is 9.63. The van der Waals surface area contributed by atoms with E-state index in [1.54, 1.807) is 0 Å². The van der Waals surface area contributed by atoms with Crippen molar-refractivity contribution < 1.29 is 14.6 Å². The Kier molecular flexibility index (Phi) is 5.36. The second kappa shape index (κ2) is 6.58. The molecule has 1 rings (SSSR count). The molecule has 15 heavy (non-hydrogen) atoms. The first-order chi connectivity index (χ1) is 7.25. The van der Waals surface area contributed by atoms with Crippen molar-refractivity contribution in [1.29, 1.82) is 0 Å². The Morgan fingerprint density at radius 1 is 1.67 bits per heavy atom. The van der Waals surface area contributed by atoms with Gasteiger partial charge in [-0.1, -0.05) is 6.07 Å². The molecule has 1 aromatic heterocycles. The molecule has 0 spiro atoms. The molecule has 0 bridgehead atoms. The van der Waals surface area contributed by atoms with E-state index in [0.717, 1.165) is 11.3 Å². The fourth-order valence-electron chi connectivity index (χ4n) is 1.41. The molecule has 1 N–H and O–H groups in total. The van der Waals surface area contributed by atoms with Gasteiger partial charge in [-0.25, -0.2) is 0 Å². The van der Waals surface area contributed by atoms with Crippen LogP contribution in [0.3, 0.4) is 0 Å². The lowest BCUT2D eigenvalue weighted by Gasteiger charge is -2.09. The van der Waals surface area contributed by atoms with E-state index in [1.807, 2.05) is 24.4 Å². The molecule has 1 atom stereocenters. The minimum atomic E-state index is -0.742. The number of thiophene rings is 1. The van der Waals surface area contributed by atoms with E-state index >= 15 is 0 Å². The summed E-state index contributed by atoms with van der Waals surface area (Å²) >= 11 is 1.50. The maximum atomic E-state index is 11.0. The van der Waals surface area contributed by atoms with Gasteiger partial charge in [0.2, 0.25) is 0 Å². The molecule has 0 saturated carbocycles. The van der Waals surface area contributed by atoms with E-state index in [2.05, 4.69) is 0 Å². The molecule has 3 nitrogen and oxygen atoms in total. The largest absolute Gasteiger partial charge is 0.481 e. The van der Waals surface area contributed by atoms with Crippen LogP contribution in [0.25, 0.3) is 0 Å². The quantitative estimate of drug-likeness (QED) is 0.730. The van der Waals surface area contributed by atoms with E-state index in [-0.39, 0.29) is 5.92 Å². The van der Waals surface area contributed by atoms with Gasteiger partial charge in [-0.15, -0.1) is 11.3 Å². The molecule has 0 aromatic carbocycles. The zero-order chi connectivity index (χ0) is 11.1. The van der Waals surface area contributed by atoms with Crippen LogP contribution in [0.5, 0.6) is 0 Å². The van der Waals surface area contributed by atoms with E-state index in [9.17, 15) is 4.79 Å². The predicted octanol–water partition coefficient (Wildman–Crippen LogP) is 2.73. The second-order valence-electron chi connectivity index (χ2n) is 3.25. The molecular formula is C11H16O3S. The highest BCUT2D eigenvalue weighted by atomic mass is 32.1. The Morgan fingerprint density at radius 2 is 2.47 bits per heavy atom. The molecular weight excluding hydrogens is 212 g/mol. The van der Waals surface area contributed by atoms with Crippen molar-refractivity contribution in [3.63, 3.8) is 0 Å². The van der Waals surface area contributed by atoms with E-state index in [0.29, 0.717) is 19.6 Å². The van der Waals surface area contributed by atoms with Crippen molar-refractivity contribution in [2.75, 3.05) is 13.2 Å². The highest BCUT2D eigenvalue weighted by Crippen LogP contribution is 2.25. The van der Waals surface area contributed by atoms with Crippen molar-refractivity contribution in [2.45, 2.75) is 25.7 Å². The molecule has 0 aliphatic rings. The van der Waals surface area contributed by atoms with Crippen LogP contribution < -0.4 is 0 Å². The third-order valence-electron chi connectivity index (χ3n) is 2.17. The monoisotopic (exact) mass is 228 g/mol. The van der Waals surface area contributed by atoms with Gasteiger partial charge in [0.1, 0.15) is 0 Å². The van der Waals surface area contributed by atoms with Gasteiger partial charge < -0.3 is 9.84 Å². The zero-order valence-electron chi connectivity index (χ0n) is 8.81. The minimum Gasteiger partial charge on any atom is -0.481 e. The highest BCUT2D eigenvalue weighted by molar-refractivity contribution is 7.10. The lowest BCUT2D eigenvalue weighted by atomic mass is 10.0. The number of rotatable bonds is 7. The van der Waals surface area contributed by atoms with Gasteiger partial charge in [0.05, 0.1) is 5.92 Å². The normalized spacial score (nSPS) is 12.6. The van der Waals surface area contributed by atoms with Crippen LogP contribution in [-0.4, -0.2) is 24.3 Å². The van der Waals surface area contributed by atoms with Crippen LogP contribution in [0.2, 0.25) is 0 Å². The fraction of sp³-hybridized carbons (Fsp3) is 0.545. The van der Waals surface area contributed by atoms with Crippen LogP contribution in [0.1, 0.15) is 30.6 Å². The molecule has 0 saturated heterocycles. The molecule has 0 aliphatic carbocycles. The van der Waals surface area contributed by atoms with Gasteiger partial charge >= 0.3 is 5.97 Å². The number of hydrogen-bond donors (Lipinski definition) is 1. The van der Waals surface area contributed by atoms with Crippen molar-refractivity contribution in [3.05, 3.63) is 22.4 Å². The van der Waals surface area contributed by atoms with E-state index < -0.39 is 5.97 Å². The topological polar surface area (TPSA) is 46.5 Å². The Balaban J connectivity index is 2.42. The highest BCUT2D eigenvalue weighted by Gasteiger charge is 2.19. The van der Waals surface area contributed by atoms with Crippen molar-refractivity contribution in [3.8, 4) is 0 Å². The summed E-state index contributed by atoms with van der Waals surface area (Å²) in [5, 5.41) is 11.0. The van der Waals surface area contributed by atoms with E-state index in [1.165, 1.54) is 11.3 Å². The van der Waals surface area contributed by atoms with Gasteiger partial charge in [0, 0.05) is 18.1 Å². The van der Waals surface area contributed by atoms with Crippen molar-refractivity contribution >= 4 is 17.3 Å². The fourth-order valence-corrected chi connectivity index (χ4v) is 2.27. The van der Waals surface area contributed by atoms with Crippen LogP contribution >= 0.6 is 11.3 Å². The van der Waals surface area contributed by atoms with Gasteiger partial charge in [-0.05, 0) is 31.2 Å².